The van der Waals surface area contributed by atoms with Crippen molar-refractivity contribution in [1.82, 2.24) is 9.88 Å². The first-order valence-corrected chi connectivity index (χ1v) is 8.20. The average Bonchev–Trinajstić information content (AvgIpc) is 3.05. The third-order valence-corrected chi connectivity index (χ3v) is 4.23. The highest BCUT2D eigenvalue weighted by Crippen LogP contribution is 2.27. The molecule has 1 aliphatic heterocycles. The summed E-state index contributed by atoms with van der Waals surface area (Å²) in [6, 6.07) is 6.03. The second-order valence-electron chi connectivity index (χ2n) is 6.06. The van der Waals surface area contributed by atoms with Gasteiger partial charge in [0.2, 0.25) is 0 Å². The van der Waals surface area contributed by atoms with Crippen LogP contribution in [0.4, 0.5) is 15.8 Å². The summed E-state index contributed by atoms with van der Waals surface area (Å²) in [4.78, 5) is 24.9. The first-order valence-electron chi connectivity index (χ1n) is 8.20. The van der Waals surface area contributed by atoms with Gasteiger partial charge in [-0.2, -0.15) is 0 Å². The van der Waals surface area contributed by atoms with Gasteiger partial charge < -0.3 is 20.3 Å². The summed E-state index contributed by atoms with van der Waals surface area (Å²) in [6.07, 6.45) is 1.38. The van der Waals surface area contributed by atoms with Gasteiger partial charge in [0.15, 0.2) is 0 Å². The molecule has 1 amide bonds. The molecule has 0 unspecified atom stereocenters. The zero-order chi connectivity index (χ0) is 18.0. The van der Waals surface area contributed by atoms with Gasteiger partial charge in [-0.1, -0.05) is 6.07 Å². The Balaban J connectivity index is 2.07. The summed E-state index contributed by atoms with van der Waals surface area (Å²) in [6.45, 7) is 2.27. The number of amides is 1. The molecule has 0 radical (unpaired) electrons. The van der Waals surface area contributed by atoms with Crippen LogP contribution in [0.2, 0.25) is 0 Å². The lowest BCUT2D eigenvalue weighted by Crippen LogP contribution is -2.31. The largest absolute Gasteiger partial charge is 0.395 e. The van der Waals surface area contributed by atoms with Crippen LogP contribution in [0.3, 0.4) is 0 Å². The number of carbonyl (C=O) groups excluding carboxylic acids is 1. The Bertz CT molecular complexity index is 877. The van der Waals surface area contributed by atoms with E-state index in [1.165, 1.54) is 12.1 Å². The molecule has 1 aromatic heterocycles. The molecule has 1 aromatic carbocycles. The first kappa shape index (κ1) is 17.2. The lowest BCUT2D eigenvalue weighted by molar-refractivity contribution is 0.0944. The molecule has 2 aromatic rings. The minimum absolute atomic E-state index is 0.107. The Hall–Kier alpha value is -2.67. The SMILES string of the molecule is Cc1ccc(Nc2cc(=O)n3c(c2C(=O)NCCO)CCC3)c(F)c1. The number of pyridine rings is 1. The number of nitrogens with zero attached hydrogens (tertiary/aromatic N) is 1. The molecule has 0 aliphatic carbocycles. The molecule has 0 fully saturated rings. The van der Waals surface area contributed by atoms with Crippen molar-refractivity contribution in [2.24, 2.45) is 0 Å². The Labute approximate surface area is 144 Å². The molecule has 3 N–H and O–H groups in total. The number of nitrogens with one attached hydrogen (secondary N) is 2. The standard InChI is InChI=1S/C18H20FN3O3/c1-11-4-5-13(12(19)9-11)21-14-10-16(24)22-7-2-3-15(22)17(14)18(25)20-6-8-23/h4-5,9-10,21,23H,2-3,6-8H2,1H3,(H,20,25). The Kier molecular flexibility index (Phi) is 4.85. The van der Waals surface area contributed by atoms with Crippen LogP contribution in [0.1, 0.15) is 28.0 Å². The van der Waals surface area contributed by atoms with Crippen molar-refractivity contribution in [2.75, 3.05) is 18.5 Å². The predicted octanol–water partition coefficient (Wildman–Crippen LogP) is 1.71. The summed E-state index contributed by atoms with van der Waals surface area (Å²) in [5, 5.41) is 14.4. The van der Waals surface area contributed by atoms with Crippen LogP contribution < -0.4 is 16.2 Å². The van der Waals surface area contributed by atoms with Crippen molar-refractivity contribution >= 4 is 17.3 Å². The number of hydrogen-bond acceptors (Lipinski definition) is 4. The van der Waals surface area contributed by atoms with Crippen LogP contribution in [0, 0.1) is 12.7 Å². The summed E-state index contributed by atoms with van der Waals surface area (Å²) in [5.41, 5.74) is 1.99. The van der Waals surface area contributed by atoms with Gasteiger partial charge in [-0.25, -0.2) is 4.39 Å². The van der Waals surface area contributed by atoms with Crippen LogP contribution in [0.15, 0.2) is 29.1 Å². The highest BCUT2D eigenvalue weighted by molar-refractivity contribution is 6.01. The molecule has 0 atom stereocenters. The topological polar surface area (TPSA) is 83.4 Å². The van der Waals surface area contributed by atoms with Crippen molar-refractivity contribution in [3.63, 3.8) is 0 Å². The molecule has 2 heterocycles. The molecular weight excluding hydrogens is 325 g/mol. The summed E-state index contributed by atoms with van der Waals surface area (Å²) < 4.78 is 15.7. The Morgan fingerprint density at radius 1 is 1.32 bits per heavy atom. The van der Waals surface area contributed by atoms with Crippen LogP contribution in [0.25, 0.3) is 0 Å². The van der Waals surface area contributed by atoms with E-state index >= 15 is 0 Å². The van der Waals surface area contributed by atoms with Gasteiger partial charge in [0.1, 0.15) is 5.82 Å². The van der Waals surface area contributed by atoms with Crippen molar-refractivity contribution in [3.8, 4) is 0 Å². The zero-order valence-electron chi connectivity index (χ0n) is 13.9. The van der Waals surface area contributed by atoms with E-state index in [2.05, 4.69) is 10.6 Å². The molecule has 3 rings (SSSR count). The molecule has 0 saturated heterocycles. The van der Waals surface area contributed by atoms with E-state index in [1.54, 1.807) is 23.6 Å². The molecular formula is C18H20FN3O3. The van der Waals surface area contributed by atoms with Crippen molar-refractivity contribution in [3.05, 3.63) is 57.3 Å². The average molecular weight is 345 g/mol. The van der Waals surface area contributed by atoms with Gasteiger partial charge in [-0.15, -0.1) is 0 Å². The summed E-state index contributed by atoms with van der Waals surface area (Å²) in [5.74, 6) is -0.850. The lowest BCUT2D eigenvalue weighted by Gasteiger charge is -2.17. The van der Waals surface area contributed by atoms with E-state index in [4.69, 9.17) is 5.11 Å². The van der Waals surface area contributed by atoms with E-state index in [1.807, 2.05) is 0 Å². The van der Waals surface area contributed by atoms with Crippen molar-refractivity contribution < 1.29 is 14.3 Å². The van der Waals surface area contributed by atoms with Crippen LogP contribution in [0.5, 0.6) is 0 Å². The second-order valence-corrected chi connectivity index (χ2v) is 6.06. The molecule has 0 saturated carbocycles. The Morgan fingerprint density at radius 2 is 2.12 bits per heavy atom. The maximum Gasteiger partial charge on any atom is 0.255 e. The van der Waals surface area contributed by atoms with Crippen molar-refractivity contribution in [1.29, 1.82) is 0 Å². The molecule has 0 spiro atoms. The number of rotatable bonds is 5. The molecule has 132 valence electrons. The lowest BCUT2D eigenvalue weighted by atomic mass is 10.1. The van der Waals surface area contributed by atoms with Gasteiger partial charge in [-0.05, 0) is 37.5 Å². The number of anilines is 2. The normalized spacial score (nSPS) is 12.8. The molecule has 1 aliphatic rings. The summed E-state index contributed by atoms with van der Waals surface area (Å²) >= 11 is 0. The van der Waals surface area contributed by atoms with Crippen molar-refractivity contribution in [2.45, 2.75) is 26.3 Å². The number of aliphatic hydroxyl groups is 1. The fourth-order valence-corrected chi connectivity index (χ4v) is 3.08. The van der Waals surface area contributed by atoms with E-state index < -0.39 is 11.7 Å². The number of fused-ring (bicyclic) bond motifs is 1. The van der Waals surface area contributed by atoms with E-state index in [0.29, 0.717) is 24.2 Å². The van der Waals surface area contributed by atoms with E-state index in [9.17, 15) is 14.0 Å². The maximum absolute atomic E-state index is 14.2. The first-order chi connectivity index (χ1) is 12.0. The number of aliphatic hydroxyl groups excluding tert-OH is 1. The third kappa shape index (κ3) is 3.41. The highest BCUT2D eigenvalue weighted by Gasteiger charge is 2.24. The Morgan fingerprint density at radius 3 is 2.84 bits per heavy atom. The fourth-order valence-electron chi connectivity index (χ4n) is 3.08. The van der Waals surface area contributed by atoms with Gasteiger partial charge in [0.05, 0.1) is 23.5 Å². The van der Waals surface area contributed by atoms with Crippen LogP contribution >= 0.6 is 0 Å². The second kappa shape index (κ2) is 7.06. The van der Waals surface area contributed by atoms with Gasteiger partial charge >= 0.3 is 0 Å². The van der Waals surface area contributed by atoms with Crippen LogP contribution in [-0.2, 0) is 13.0 Å². The van der Waals surface area contributed by atoms with Gasteiger partial charge in [-0.3, -0.25) is 9.59 Å². The number of hydrogen-bond donors (Lipinski definition) is 3. The van der Waals surface area contributed by atoms with Crippen LogP contribution in [-0.4, -0.2) is 28.7 Å². The molecule has 6 nitrogen and oxygen atoms in total. The fraction of sp³-hybridized carbons (Fsp3) is 0.333. The predicted molar refractivity (Wildman–Crippen MR) is 92.9 cm³/mol. The number of aromatic nitrogens is 1. The molecule has 7 heteroatoms. The number of benzene rings is 1. The van der Waals surface area contributed by atoms with Gasteiger partial charge in [0.25, 0.3) is 11.5 Å². The monoisotopic (exact) mass is 345 g/mol. The smallest absolute Gasteiger partial charge is 0.255 e. The number of carbonyl (C=O) groups is 1. The van der Waals surface area contributed by atoms with E-state index in [-0.39, 0.29) is 30.1 Å². The maximum atomic E-state index is 14.2. The molecule has 25 heavy (non-hydrogen) atoms. The zero-order valence-corrected chi connectivity index (χ0v) is 13.9. The third-order valence-electron chi connectivity index (χ3n) is 4.23. The number of halogens is 1. The number of aryl methyl sites for hydroxylation is 1. The minimum atomic E-state index is -0.456. The molecule has 0 bridgehead atoms. The highest BCUT2D eigenvalue weighted by atomic mass is 19.1. The van der Waals surface area contributed by atoms with Gasteiger partial charge in [0, 0.05) is 24.8 Å². The quantitative estimate of drug-likeness (QED) is 0.770. The summed E-state index contributed by atoms with van der Waals surface area (Å²) in [7, 11) is 0. The van der Waals surface area contributed by atoms with E-state index in [0.717, 1.165) is 12.0 Å². The minimum Gasteiger partial charge on any atom is -0.395 e.